The normalized spacial score (nSPS) is 15.3. The van der Waals surface area contributed by atoms with Gasteiger partial charge in [-0.05, 0) is 78.7 Å². The molecule has 1 amide bonds. The van der Waals surface area contributed by atoms with Crippen LogP contribution in [-0.4, -0.2) is 47.8 Å². The number of nitrogens with zero attached hydrogens (tertiary/aromatic N) is 3. The smallest absolute Gasteiger partial charge is 0.271 e. The molecule has 3 aromatic rings. The number of phenolic OH excluding ortho intramolecular Hbond substituents is 1. The number of fused-ring (bicyclic) bond motifs is 1. The third-order valence-corrected chi connectivity index (χ3v) is 7.92. The van der Waals surface area contributed by atoms with Crippen molar-refractivity contribution in [3.8, 4) is 17.2 Å². The highest BCUT2D eigenvalue weighted by atomic mass is 79.9. The summed E-state index contributed by atoms with van der Waals surface area (Å²) in [4.78, 5) is 34.6. The molecule has 0 unspecified atom stereocenters. The molecule has 1 aliphatic rings. The van der Waals surface area contributed by atoms with E-state index in [9.17, 15) is 14.7 Å². The lowest BCUT2D eigenvalue weighted by Crippen LogP contribution is -2.43. The predicted molar refractivity (Wildman–Crippen MR) is 147 cm³/mol. The fraction of sp³-hybridized carbons (Fsp3) is 0.296. The quantitative estimate of drug-likeness (QED) is 0.457. The number of ether oxygens (including phenoxy) is 2. The SMILES string of the molecule is CCN(CC)C(=O)C1=C(C)N=c2s/c(=C/c3ccc(O)c(Br)c3)c(=O)n2[C@@H]1c1cc(OC)ccc1OC. The van der Waals surface area contributed by atoms with Crippen molar-refractivity contribution < 1.29 is 19.4 Å². The second kappa shape index (κ2) is 10.9. The number of carbonyl (C=O) groups is 1. The zero-order chi connectivity index (χ0) is 26.9. The van der Waals surface area contributed by atoms with Gasteiger partial charge < -0.3 is 19.5 Å². The van der Waals surface area contributed by atoms with Gasteiger partial charge in [0.05, 0.1) is 34.5 Å². The first-order chi connectivity index (χ1) is 17.7. The largest absolute Gasteiger partial charge is 0.507 e. The van der Waals surface area contributed by atoms with E-state index in [1.807, 2.05) is 13.8 Å². The van der Waals surface area contributed by atoms with Crippen LogP contribution in [0.2, 0.25) is 0 Å². The number of hydrogen-bond donors (Lipinski definition) is 1. The minimum absolute atomic E-state index is 0.110. The molecule has 8 nitrogen and oxygen atoms in total. The first kappa shape index (κ1) is 26.7. The second-order valence-electron chi connectivity index (χ2n) is 8.38. The topological polar surface area (TPSA) is 93.4 Å². The number of rotatable bonds is 7. The summed E-state index contributed by atoms with van der Waals surface area (Å²) >= 11 is 4.57. The fourth-order valence-electron chi connectivity index (χ4n) is 4.39. The maximum absolute atomic E-state index is 13.9. The number of methoxy groups -OCH3 is 2. The van der Waals surface area contributed by atoms with Gasteiger partial charge in [-0.15, -0.1) is 0 Å². The van der Waals surface area contributed by atoms with E-state index in [0.717, 1.165) is 5.56 Å². The Morgan fingerprint density at radius 2 is 1.92 bits per heavy atom. The average Bonchev–Trinajstić information content (AvgIpc) is 3.19. The van der Waals surface area contributed by atoms with Gasteiger partial charge in [-0.1, -0.05) is 17.4 Å². The van der Waals surface area contributed by atoms with Gasteiger partial charge in [0.2, 0.25) is 0 Å². The average molecular weight is 587 g/mol. The molecular formula is C27H28BrN3O5S. The van der Waals surface area contributed by atoms with Crippen molar-refractivity contribution in [1.82, 2.24) is 9.47 Å². The van der Waals surface area contributed by atoms with Crippen LogP contribution in [0.25, 0.3) is 6.08 Å². The van der Waals surface area contributed by atoms with E-state index in [1.165, 1.54) is 11.3 Å². The Kier molecular flexibility index (Phi) is 7.89. The molecule has 10 heteroatoms. The van der Waals surface area contributed by atoms with Crippen LogP contribution >= 0.6 is 27.3 Å². The van der Waals surface area contributed by atoms with Gasteiger partial charge in [-0.2, -0.15) is 0 Å². The van der Waals surface area contributed by atoms with Crippen molar-refractivity contribution in [2.24, 2.45) is 4.99 Å². The molecule has 1 atom stereocenters. The molecule has 0 aliphatic carbocycles. The molecule has 1 aromatic heterocycles. The Labute approximate surface area is 226 Å². The van der Waals surface area contributed by atoms with Crippen LogP contribution in [0.3, 0.4) is 0 Å². The van der Waals surface area contributed by atoms with Crippen LogP contribution in [0.5, 0.6) is 17.2 Å². The number of likely N-dealkylation sites (N-methyl/N-ethyl adjacent to an activating group) is 1. The Bertz CT molecular complexity index is 1570. The summed E-state index contributed by atoms with van der Waals surface area (Å²) in [6, 6.07) is 9.60. The summed E-state index contributed by atoms with van der Waals surface area (Å²) in [5.74, 6) is 1.04. The maximum Gasteiger partial charge on any atom is 0.271 e. The number of amides is 1. The summed E-state index contributed by atoms with van der Waals surface area (Å²) in [5.41, 5.74) is 2.06. The van der Waals surface area contributed by atoms with Crippen LogP contribution in [0.1, 0.15) is 37.9 Å². The van der Waals surface area contributed by atoms with E-state index in [1.54, 1.807) is 73.1 Å². The van der Waals surface area contributed by atoms with Crippen LogP contribution in [0, 0.1) is 0 Å². The lowest BCUT2D eigenvalue weighted by molar-refractivity contribution is -0.127. The standard InChI is InChI=1S/C27H28BrN3O5S/c1-6-30(7-2)26(34)23-15(3)29-27-31(24(23)18-14-17(35-4)9-11-21(18)36-5)25(33)22(37-27)13-16-8-10-20(32)19(28)12-16/h8-14,24,32H,6-7H2,1-5H3/b22-13+/t24-/m1/s1. The van der Waals surface area contributed by atoms with E-state index >= 15 is 0 Å². The highest BCUT2D eigenvalue weighted by Gasteiger charge is 2.36. The van der Waals surface area contributed by atoms with E-state index < -0.39 is 6.04 Å². The highest BCUT2D eigenvalue weighted by molar-refractivity contribution is 9.10. The number of thiazole rings is 1. The molecule has 0 bridgehead atoms. The number of hydrogen-bond acceptors (Lipinski definition) is 7. The van der Waals surface area contributed by atoms with Gasteiger partial charge in [0.15, 0.2) is 4.80 Å². The van der Waals surface area contributed by atoms with Crippen molar-refractivity contribution in [1.29, 1.82) is 0 Å². The zero-order valence-electron chi connectivity index (χ0n) is 21.2. The summed E-state index contributed by atoms with van der Waals surface area (Å²) in [7, 11) is 3.12. The van der Waals surface area contributed by atoms with Gasteiger partial charge >= 0.3 is 0 Å². The summed E-state index contributed by atoms with van der Waals surface area (Å²) in [6.07, 6.45) is 1.75. The summed E-state index contributed by atoms with van der Waals surface area (Å²) < 4.78 is 13.7. The highest BCUT2D eigenvalue weighted by Crippen LogP contribution is 2.38. The minimum atomic E-state index is -0.761. The van der Waals surface area contributed by atoms with E-state index in [0.29, 0.717) is 55.2 Å². The second-order valence-corrected chi connectivity index (χ2v) is 10.2. The van der Waals surface area contributed by atoms with Gasteiger partial charge in [-0.3, -0.25) is 14.2 Å². The van der Waals surface area contributed by atoms with Gasteiger partial charge in [0, 0.05) is 18.7 Å². The van der Waals surface area contributed by atoms with E-state index in [-0.39, 0.29) is 17.2 Å². The fourth-order valence-corrected chi connectivity index (χ4v) is 5.83. The molecule has 0 saturated carbocycles. The molecule has 2 heterocycles. The molecule has 1 aliphatic heterocycles. The summed E-state index contributed by atoms with van der Waals surface area (Å²) in [6.45, 7) is 6.68. The third kappa shape index (κ3) is 4.95. The molecule has 37 heavy (non-hydrogen) atoms. The van der Waals surface area contributed by atoms with Crippen molar-refractivity contribution >= 4 is 39.2 Å². The lowest BCUT2D eigenvalue weighted by Gasteiger charge is -2.30. The molecule has 2 aromatic carbocycles. The monoisotopic (exact) mass is 585 g/mol. The van der Waals surface area contributed by atoms with E-state index in [4.69, 9.17) is 14.5 Å². The minimum Gasteiger partial charge on any atom is -0.507 e. The number of aromatic nitrogens is 1. The maximum atomic E-state index is 13.9. The Morgan fingerprint density at radius 1 is 1.19 bits per heavy atom. The van der Waals surface area contributed by atoms with Crippen LogP contribution in [0.4, 0.5) is 0 Å². The van der Waals surface area contributed by atoms with Crippen molar-refractivity contribution in [2.75, 3.05) is 27.3 Å². The molecule has 0 fully saturated rings. The van der Waals surface area contributed by atoms with Gasteiger partial charge in [-0.25, -0.2) is 4.99 Å². The predicted octanol–water partition coefficient (Wildman–Crippen LogP) is 3.59. The lowest BCUT2D eigenvalue weighted by atomic mass is 9.93. The number of allylic oxidation sites excluding steroid dienone is 1. The Balaban J connectivity index is 2.02. The van der Waals surface area contributed by atoms with Crippen molar-refractivity contribution in [2.45, 2.75) is 26.8 Å². The Hall–Kier alpha value is -3.37. The van der Waals surface area contributed by atoms with Crippen LogP contribution in [0.15, 0.2) is 61.9 Å². The summed E-state index contributed by atoms with van der Waals surface area (Å²) in [5, 5.41) is 9.84. The third-order valence-electron chi connectivity index (χ3n) is 6.30. The number of halogens is 1. The van der Waals surface area contributed by atoms with Crippen LogP contribution in [-0.2, 0) is 4.79 Å². The number of phenols is 1. The molecule has 1 N–H and O–H groups in total. The molecule has 194 valence electrons. The first-order valence-corrected chi connectivity index (χ1v) is 13.4. The number of carbonyl (C=O) groups excluding carboxylic acids is 1. The van der Waals surface area contributed by atoms with E-state index in [2.05, 4.69) is 15.9 Å². The van der Waals surface area contributed by atoms with Crippen molar-refractivity contribution in [3.05, 3.63) is 83.0 Å². The number of benzene rings is 2. The Morgan fingerprint density at radius 3 is 2.54 bits per heavy atom. The number of aromatic hydroxyl groups is 1. The molecule has 4 rings (SSSR count). The molecular weight excluding hydrogens is 558 g/mol. The first-order valence-electron chi connectivity index (χ1n) is 11.8. The van der Waals surface area contributed by atoms with Crippen molar-refractivity contribution in [3.63, 3.8) is 0 Å². The zero-order valence-corrected chi connectivity index (χ0v) is 23.6. The van der Waals surface area contributed by atoms with Gasteiger partial charge in [0.1, 0.15) is 23.3 Å². The van der Waals surface area contributed by atoms with Gasteiger partial charge in [0.25, 0.3) is 11.5 Å². The molecule has 0 saturated heterocycles. The molecule has 0 spiro atoms. The molecule has 0 radical (unpaired) electrons. The van der Waals surface area contributed by atoms with Crippen LogP contribution < -0.4 is 24.4 Å².